The van der Waals surface area contributed by atoms with Crippen molar-refractivity contribution >= 4 is 23.3 Å². The lowest BCUT2D eigenvalue weighted by molar-refractivity contribution is -0.143. The Labute approximate surface area is 285 Å². The number of alkyl halides is 6. The summed E-state index contributed by atoms with van der Waals surface area (Å²) >= 11 is 0. The summed E-state index contributed by atoms with van der Waals surface area (Å²) in [6.07, 6.45) is -8.83. The summed E-state index contributed by atoms with van der Waals surface area (Å²) in [5.74, 6) is -0.971. The number of aliphatic hydroxyl groups excluding tert-OH is 1. The number of fused-ring (bicyclic) bond motifs is 1. The van der Waals surface area contributed by atoms with E-state index in [1.54, 1.807) is 17.9 Å². The number of hydrogen-bond donors (Lipinski definition) is 1. The van der Waals surface area contributed by atoms with Gasteiger partial charge in [-0.3, -0.25) is 14.5 Å². The predicted molar refractivity (Wildman–Crippen MR) is 173 cm³/mol. The smallest absolute Gasteiger partial charge is 0.394 e. The van der Waals surface area contributed by atoms with Crippen molar-refractivity contribution < 1.29 is 45.4 Å². The van der Waals surface area contributed by atoms with Gasteiger partial charge in [0.2, 0.25) is 11.8 Å². The lowest BCUT2D eigenvalue weighted by Gasteiger charge is -2.50. The number of hydrogen-bond acceptors (Lipinski definition) is 6. The molecule has 0 saturated carbocycles. The zero-order valence-electron chi connectivity index (χ0n) is 28.2. The summed E-state index contributed by atoms with van der Waals surface area (Å²) < 4.78 is 96.5. The lowest BCUT2D eigenvalue weighted by Crippen LogP contribution is -2.66. The minimum atomic E-state index is -5.10. The van der Waals surface area contributed by atoms with Crippen LogP contribution in [0.3, 0.4) is 0 Å². The largest absolute Gasteiger partial charge is 0.416 e. The molecule has 5 rings (SSSR count). The zero-order valence-corrected chi connectivity index (χ0v) is 28.2. The first-order chi connectivity index (χ1) is 23.2. The Kier molecular flexibility index (Phi) is 9.98. The Bertz CT molecular complexity index is 1750. The minimum absolute atomic E-state index is 0.0102. The van der Waals surface area contributed by atoms with Gasteiger partial charge in [-0.1, -0.05) is 6.07 Å². The molecule has 3 aromatic rings. The monoisotopic (exact) mass is 709 g/mol. The molecule has 15 heteroatoms. The predicted octanol–water partition coefficient (Wildman–Crippen LogP) is 5.89. The topological polar surface area (TPSA) is 80.2 Å². The van der Waals surface area contributed by atoms with Crippen LogP contribution in [-0.4, -0.2) is 90.2 Å². The highest BCUT2D eigenvalue weighted by atomic mass is 19.4. The summed E-state index contributed by atoms with van der Waals surface area (Å²) in [6, 6.07) is 6.35. The van der Waals surface area contributed by atoms with Crippen LogP contribution in [0.4, 0.5) is 42.2 Å². The number of pyridine rings is 1. The van der Waals surface area contributed by atoms with Gasteiger partial charge in [-0.2, -0.15) is 26.3 Å². The highest BCUT2D eigenvalue weighted by Gasteiger charge is 2.42. The van der Waals surface area contributed by atoms with Crippen molar-refractivity contribution in [3.8, 4) is 11.1 Å². The molecule has 2 aromatic carbocycles. The van der Waals surface area contributed by atoms with Crippen molar-refractivity contribution in [1.29, 1.82) is 0 Å². The molecule has 0 bridgehead atoms. The van der Waals surface area contributed by atoms with E-state index in [0.717, 1.165) is 4.90 Å². The second-order valence-electron chi connectivity index (χ2n) is 13.4. The lowest BCUT2D eigenvalue weighted by atomic mass is 9.81. The molecule has 8 nitrogen and oxygen atoms in total. The molecule has 1 N–H and O–H groups in total. The Morgan fingerprint density at radius 2 is 1.52 bits per heavy atom. The van der Waals surface area contributed by atoms with Crippen molar-refractivity contribution in [3.05, 3.63) is 76.7 Å². The minimum Gasteiger partial charge on any atom is -0.394 e. The highest BCUT2D eigenvalue weighted by Crippen LogP contribution is 2.41. The molecule has 270 valence electrons. The normalized spacial score (nSPS) is 19.0. The number of carbonyl (C=O) groups excluding carboxylic acids is 2. The Morgan fingerprint density at radius 3 is 2.08 bits per heavy atom. The van der Waals surface area contributed by atoms with Gasteiger partial charge in [0.25, 0.3) is 0 Å². The third-order valence-electron chi connectivity index (χ3n) is 9.71. The first kappa shape index (κ1) is 37.0. The second-order valence-corrected chi connectivity index (χ2v) is 13.4. The summed E-state index contributed by atoms with van der Waals surface area (Å²) in [7, 11) is 1.34. The van der Waals surface area contributed by atoms with E-state index >= 15 is 0 Å². The van der Waals surface area contributed by atoms with Crippen molar-refractivity contribution in [2.24, 2.45) is 0 Å². The summed E-state index contributed by atoms with van der Waals surface area (Å²) in [6.45, 7) is 8.01. The van der Waals surface area contributed by atoms with Gasteiger partial charge < -0.3 is 19.8 Å². The maximum Gasteiger partial charge on any atom is 0.416 e. The number of anilines is 2. The Balaban J connectivity index is 1.58. The Morgan fingerprint density at radius 1 is 0.900 bits per heavy atom. The van der Waals surface area contributed by atoms with E-state index in [1.165, 1.54) is 52.2 Å². The van der Waals surface area contributed by atoms with Gasteiger partial charge >= 0.3 is 12.4 Å². The number of aryl methyl sites for hydroxylation is 1. The fraction of sp³-hybridized carbons (Fsp3) is 0.457. The maximum absolute atomic E-state index is 14.2. The van der Waals surface area contributed by atoms with E-state index in [-0.39, 0.29) is 36.4 Å². The van der Waals surface area contributed by atoms with Crippen LogP contribution >= 0.6 is 0 Å². The van der Waals surface area contributed by atoms with Crippen molar-refractivity contribution in [2.75, 3.05) is 56.2 Å². The van der Waals surface area contributed by atoms with Gasteiger partial charge in [-0.25, -0.2) is 9.37 Å². The quantitative estimate of drug-likeness (QED) is 0.322. The van der Waals surface area contributed by atoms with Crippen molar-refractivity contribution in [3.63, 3.8) is 0 Å². The molecule has 2 amide bonds. The van der Waals surface area contributed by atoms with Crippen LogP contribution in [0, 0.1) is 12.7 Å². The number of carbonyl (C=O) groups is 2. The second kappa shape index (κ2) is 13.5. The standard InChI is InChI=1S/C35H38F7N5O3/c1-20-10-25(36)6-7-28(20)29-14-31(47-18-26-16-45(21(2)49)8-9-46(26)17-27(47)19-48)43-15-30(29)44(5)32(50)33(3,4)22-11-23(34(37,38)39)13-24(12-22)35(40,41)42/h6-7,10-15,26-27,48H,8-9,16-19H2,1-5H3/t26-,27+/m1/s1. The van der Waals surface area contributed by atoms with Gasteiger partial charge in [0.1, 0.15) is 11.6 Å². The van der Waals surface area contributed by atoms with Crippen LogP contribution in [-0.2, 0) is 27.4 Å². The summed E-state index contributed by atoms with van der Waals surface area (Å²) in [5, 5.41) is 10.4. The van der Waals surface area contributed by atoms with E-state index < -0.39 is 46.2 Å². The number of halogens is 7. The van der Waals surface area contributed by atoms with Crippen LogP contribution in [0.5, 0.6) is 0 Å². The fourth-order valence-corrected chi connectivity index (χ4v) is 6.75. The molecule has 0 unspecified atom stereocenters. The van der Waals surface area contributed by atoms with E-state index in [9.17, 15) is 45.4 Å². The van der Waals surface area contributed by atoms with Crippen LogP contribution in [0.15, 0.2) is 48.7 Å². The molecule has 0 aliphatic carbocycles. The average molecular weight is 710 g/mol. The molecule has 3 heterocycles. The molecular formula is C35H38F7N5O3. The van der Waals surface area contributed by atoms with E-state index in [1.807, 2.05) is 4.90 Å². The van der Waals surface area contributed by atoms with Gasteiger partial charge in [0, 0.05) is 58.3 Å². The maximum atomic E-state index is 14.2. The van der Waals surface area contributed by atoms with Crippen LogP contribution in [0.1, 0.15) is 43.0 Å². The Hall–Kier alpha value is -4.24. The van der Waals surface area contributed by atoms with Crippen molar-refractivity contribution in [2.45, 2.75) is 57.5 Å². The van der Waals surface area contributed by atoms with Crippen LogP contribution < -0.4 is 9.80 Å². The van der Waals surface area contributed by atoms with Crippen molar-refractivity contribution in [1.82, 2.24) is 14.8 Å². The number of rotatable bonds is 6. The van der Waals surface area contributed by atoms with Gasteiger partial charge in [-0.15, -0.1) is 0 Å². The van der Waals surface area contributed by atoms with Crippen LogP contribution in [0.2, 0.25) is 0 Å². The molecule has 2 fully saturated rings. The molecular weight excluding hydrogens is 671 g/mol. The van der Waals surface area contributed by atoms with Gasteiger partial charge in [0.05, 0.1) is 41.1 Å². The number of likely N-dealkylation sites (N-methyl/N-ethyl adjacent to an activating group) is 1. The third-order valence-corrected chi connectivity index (χ3v) is 9.71. The molecule has 2 aliphatic rings. The third kappa shape index (κ3) is 7.29. The highest BCUT2D eigenvalue weighted by molar-refractivity contribution is 6.03. The number of nitrogens with zero attached hydrogens (tertiary/aromatic N) is 5. The van der Waals surface area contributed by atoms with E-state index in [0.29, 0.717) is 67.4 Å². The van der Waals surface area contributed by atoms with Crippen LogP contribution in [0.25, 0.3) is 11.1 Å². The molecule has 0 spiro atoms. The average Bonchev–Trinajstić information content (AvgIpc) is 3.05. The number of aromatic nitrogens is 1. The molecule has 1 aromatic heterocycles. The molecule has 50 heavy (non-hydrogen) atoms. The first-order valence-electron chi connectivity index (χ1n) is 15.9. The molecule has 2 atom stereocenters. The molecule has 0 radical (unpaired) electrons. The number of benzene rings is 2. The SMILES string of the molecule is CC(=O)N1CCN2C[C@@H](CO)N(c3cc(-c4ccc(F)cc4C)c(N(C)C(=O)C(C)(C)c4cc(C(F)(F)F)cc(C(F)(F)F)c4)cn3)C[C@H]2C1. The number of piperazine rings is 2. The van der Waals surface area contributed by atoms with E-state index in [4.69, 9.17) is 0 Å². The van der Waals surface area contributed by atoms with Gasteiger partial charge in [0.15, 0.2) is 0 Å². The van der Waals surface area contributed by atoms with E-state index in [2.05, 4.69) is 9.88 Å². The number of amides is 2. The summed E-state index contributed by atoms with van der Waals surface area (Å²) in [4.78, 5) is 37.9. The summed E-state index contributed by atoms with van der Waals surface area (Å²) in [5.41, 5.74) is -3.90. The van der Waals surface area contributed by atoms with Gasteiger partial charge in [-0.05, 0) is 73.9 Å². The molecule has 2 saturated heterocycles. The zero-order chi connectivity index (χ0) is 36.9. The number of aliphatic hydroxyl groups is 1. The fourth-order valence-electron chi connectivity index (χ4n) is 6.75. The molecule has 2 aliphatic heterocycles. The first-order valence-corrected chi connectivity index (χ1v) is 15.9.